The molecule has 1 heterocycles. The summed E-state index contributed by atoms with van der Waals surface area (Å²) < 4.78 is 0. The van der Waals surface area contributed by atoms with E-state index in [1.165, 1.54) is 0 Å². The molecule has 0 fully saturated rings. The smallest absolute Gasteiger partial charge is 0.304 e. The second kappa shape index (κ2) is 3.51. The van der Waals surface area contributed by atoms with Gasteiger partial charge in [0.2, 0.25) is 0 Å². The van der Waals surface area contributed by atoms with Gasteiger partial charge in [-0.15, -0.1) is 5.38 Å². The first kappa shape index (κ1) is 6.32. The fraction of sp³-hybridized carbons (Fsp3) is 0. The van der Waals surface area contributed by atoms with E-state index in [0.717, 1.165) is 0 Å². The molecule has 0 saturated carbocycles. The van der Waals surface area contributed by atoms with E-state index in [-0.39, 0.29) is 19.5 Å². The van der Waals surface area contributed by atoms with Crippen molar-refractivity contribution >= 4 is 11.3 Å². The molecule has 0 aliphatic rings. The standard InChI is InChI=1S/C4H3S.Ru/c1-2-4-5-3-1;/h1-3H;/q-1;+1. The molecular formula is C4H3RuS. The van der Waals surface area contributed by atoms with E-state index in [1.807, 2.05) is 17.5 Å². The van der Waals surface area contributed by atoms with Crippen molar-refractivity contribution in [2.75, 3.05) is 0 Å². The minimum atomic E-state index is 0. The Labute approximate surface area is 54.0 Å². The average molecular weight is 184 g/mol. The van der Waals surface area contributed by atoms with E-state index in [1.54, 1.807) is 11.3 Å². The molecule has 1 radical (unpaired) electrons. The quantitative estimate of drug-likeness (QED) is 0.424. The molecule has 0 bridgehead atoms. The van der Waals surface area contributed by atoms with E-state index in [2.05, 4.69) is 5.38 Å². The van der Waals surface area contributed by atoms with Crippen molar-refractivity contribution in [1.82, 2.24) is 0 Å². The molecule has 0 amide bonds. The molecule has 0 aliphatic heterocycles. The average Bonchev–Trinajstić information content (AvgIpc) is 1.76. The summed E-state index contributed by atoms with van der Waals surface area (Å²) in [6, 6.07) is 3.86. The van der Waals surface area contributed by atoms with Gasteiger partial charge in [-0.05, 0) is 0 Å². The third-order valence-electron chi connectivity index (χ3n) is 0.379. The van der Waals surface area contributed by atoms with Crippen LogP contribution in [0.25, 0.3) is 0 Å². The Morgan fingerprint density at radius 3 is 2.50 bits per heavy atom. The number of thiophene rings is 1. The molecule has 6 heavy (non-hydrogen) atoms. The van der Waals surface area contributed by atoms with E-state index >= 15 is 0 Å². The molecule has 0 aliphatic carbocycles. The third kappa shape index (κ3) is 1.69. The van der Waals surface area contributed by atoms with Crippen LogP contribution in [0.1, 0.15) is 0 Å². The van der Waals surface area contributed by atoms with Crippen LogP contribution in [0, 0.1) is 5.38 Å². The third-order valence-corrected chi connectivity index (χ3v) is 0.944. The Bertz CT molecular complexity index is 64.0. The number of rotatable bonds is 0. The molecule has 0 saturated heterocycles. The summed E-state index contributed by atoms with van der Waals surface area (Å²) in [5, 5.41) is 4.89. The van der Waals surface area contributed by atoms with Gasteiger partial charge in [0, 0.05) is 0 Å². The Balaban J connectivity index is 0.000000250. The second-order valence-electron chi connectivity index (χ2n) is 0.731. The monoisotopic (exact) mass is 185 g/mol. The predicted octanol–water partition coefficient (Wildman–Crippen LogP) is 1.55. The molecule has 0 atom stereocenters. The van der Waals surface area contributed by atoms with Crippen molar-refractivity contribution in [3.63, 3.8) is 0 Å². The predicted molar refractivity (Wildman–Crippen MR) is 23.2 cm³/mol. The van der Waals surface area contributed by atoms with Crippen molar-refractivity contribution in [2.24, 2.45) is 0 Å². The van der Waals surface area contributed by atoms with Crippen molar-refractivity contribution in [1.29, 1.82) is 0 Å². The van der Waals surface area contributed by atoms with E-state index in [0.29, 0.717) is 0 Å². The first-order valence-corrected chi connectivity index (χ1v) is 2.27. The van der Waals surface area contributed by atoms with E-state index in [4.69, 9.17) is 0 Å². The summed E-state index contributed by atoms with van der Waals surface area (Å²) in [4.78, 5) is 0. The Kier molecular flexibility index (Phi) is 3.70. The normalized spacial score (nSPS) is 6.67. The van der Waals surface area contributed by atoms with E-state index in [9.17, 15) is 0 Å². The van der Waals surface area contributed by atoms with Gasteiger partial charge in [-0.25, -0.2) is 6.07 Å². The number of hydrogen-bond acceptors (Lipinski definition) is 1. The van der Waals surface area contributed by atoms with Crippen LogP contribution >= 0.6 is 11.3 Å². The largest absolute Gasteiger partial charge is 1.00 e. The van der Waals surface area contributed by atoms with Gasteiger partial charge in [-0.3, -0.25) is 0 Å². The molecule has 1 rings (SSSR count). The molecule has 0 nitrogen and oxygen atoms in total. The molecule has 0 aromatic carbocycles. The van der Waals surface area contributed by atoms with Gasteiger partial charge in [-0.2, -0.15) is 11.4 Å². The van der Waals surface area contributed by atoms with Crippen molar-refractivity contribution in [3.05, 3.63) is 22.9 Å². The maximum atomic E-state index is 2.90. The van der Waals surface area contributed by atoms with Gasteiger partial charge < -0.3 is 11.3 Å². The van der Waals surface area contributed by atoms with Crippen LogP contribution in [0.3, 0.4) is 0 Å². The van der Waals surface area contributed by atoms with Crippen LogP contribution in [0.15, 0.2) is 17.5 Å². The van der Waals surface area contributed by atoms with Gasteiger partial charge in [0.1, 0.15) is 0 Å². The van der Waals surface area contributed by atoms with Crippen molar-refractivity contribution in [2.45, 2.75) is 0 Å². The van der Waals surface area contributed by atoms with Gasteiger partial charge in [-0.1, -0.05) is 0 Å². The van der Waals surface area contributed by atoms with Crippen LogP contribution < -0.4 is 0 Å². The first-order valence-electron chi connectivity index (χ1n) is 1.40. The minimum Gasteiger partial charge on any atom is -0.304 e. The molecule has 0 N–H and O–H groups in total. The molecule has 1 aromatic heterocycles. The zero-order chi connectivity index (χ0) is 3.54. The van der Waals surface area contributed by atoms with Gasteiger partial charge >= 0.3 is 19.5 Å². The Morgan fingerprint density at radius 2 is 2.33 bits per heavy atom. The summed E-state index contributed by atoms with van der Waals surface area (Å²) in [7, 11) is 0. The fourth-order valence-electron chi connectivity index (χ4n) is 0.196. The summed E-state index contributed by atoms with van der Waals surface area (Å²) in [6.07, 6.45) is 0. The van der Waals surface area contributed by atoms with E-state index < -0.39 is 0 Å². The molecule has 33 valence electrons. The molecular weight excluding hydrogens is 181 g/mol. The van der Waals surface area contributed by atoms with Crippen LogP contribution in [0.2, 0.25) is 0 Å². The van der Waals surface area contributed by atoms with Gasteiger partial charge in [0.05, 0.1) is 0 Å². The molecule has 1 aromatic rings. The van der Waals surface area contributed by atoms with Crippen molar-refractivity contribution in [3.8, 4) is 0 Å². The Morgan fingerprint density at radius 1 is 1.50 bits per heavy atom. The summed E-state index contributed by atoms with van der Waals surface area (Å²) in [5.41, 5.74) is 0. The zero-order valence-corrected chi connectivity index (χ0v) is 5.55. The van der Waals surface area contributed by atoms with Gasteiger partial charge in [0.25, 0.3) is 0 Å². The zero-order valence-electron chi connectivity index (χ0n) is 2.99. The maximum absolute atomic E-state index is 2.90. The van der Waals surface area contributed by atoms with Crippen molar-refractivity contribution < 1.29 is 19.5 Å². The fourth-order valence-corrected chi connectivity index (χ4v) is 0.589. The first-order chi connectivity index (χ1) is 2.50. The van der Waals surface area contributed by atoms with Crippen LogP contribution in [-0.4, -0.2) is 0 Å². The Hall–Kier alpha value is 0.323. The van der Waals surface area contributed by atoms with Crippen LogP contribution in [0.5, 0.6) is 0 Å². The van der Waals surface area contributed by atoms with Crippen LogP contribution in [-0.2, 0) is 19.5 Å². The maximum Gasteiger partial charge on any atom is 1.00 e. The van der Waals surface area contributed by atoms with Crippen LogP contribution in [0.4, 0.5) is 0 Å². The SMILES string of the molecule is [Ru+].[c-]1cccs1. The molecule has 0 spiro atoms. The molecule has 2 heteroatoms. The summed E-state index contributed by atoms with van der Waals surface area (Å²) in [5.74, 6) is 0. The topological polar surface area (TPSA) is 0 Å². The molecule has 0 unspecified atom stereocenters. The minimum absolute atomic E-state index is 0. The summed E-state index contributed by atoms with van der Waals surface area (Å²) >= 11 is 1.59. The number of hydrogen-bond donors (Lipinski definition) is 0. The summed E-state index contributed by atoms with van der Waals surface area (Å²) in [6.45, 7) is 0. The second-order valence-corrected chi connectivity index (χ2v) is 1.47. The van der Waals surface area contributed by atoms with Gasteiger partial charge in [0.15, 0.2) is 0 Å².